The number of hydrogen-bond acceptors (Lipinski definition) is 1. The molecule has 1 heteroatoms. The van der Waals surface area contributed by atoms with E-state index in [0.29, 0.717) is 10.8 Å². The fourth-order valence-electron chi connectivity index (χ4n) is 3.99. The van der Waals surface area contributed by atoms with Gasteiger partial charge >= 0.3 is 0 Å². The largest absolute Gasteiger partial charge is 0.297 e. The van der Waals surface area contributed by atoms with Crippen LogP contribution in [0.2, 0.25) is 0 Å². The van der Waals surface area contributed by atoms with Gasteiger partial charge in [-0.15, -0.1) is 0 Å². The van der Waals surface area contributed by atoms with Gasteiger partial charge in [0.1, 0.15) is 0 Å². The highest BCUT2D eigenvalue weighted by atomic mass is 15.2. The highest BCUT2D eigenvalue weighted by Gasteiger charge is 2.42. The Bertz CT molecular complexity index is 267. The van der Waals surface area contributed by atoms with E-state index in [4.69, 9.17) is 0 Å². The lowest BCUT2D eigenvalue weighted by molar-refractivity contribution is -0.0327. The summed E-state index contributed by atoms with van der Waals surface area (Å²) in [4.78, 5) is 2.87. The van der Waals surface area contributed by atoms with E-state index in [-0.39, 0.29) is 0 Å². The van der Waals surface area contributed by atoms with E-state index < -0.39 is 0 Å². The second kappa shape index (κ2) is 4.81. The van der Waals surface area contributed by atoms with Crippen molar-refractivity contribution in [1.82, 2.24) is 4.90 Å². The quantitative estimate of drug-likeness (QED) is 0.652. The molecule has 0 spiro atoms. The summed E-state index contributed by atoms with van der Waals surface area (Å²) < 4.78 is 0. The van der Waals surface area contributed by atoms with E-state index in [1.54, 1.807) is 0 Å². The van der Waals surface area contributed by atoms with Crippen LogP contribution in [0.3, 0.4) is 0 Å². The molecule has 2 bridgehead atoms. The third kappa shape index (κ3) is 3.29. The van der Waals surface area contributed by atoms with Crippen LogP contribution in [0.15, 0.2) is 0 Å². The predicted octanol–water partition coefficient (Wildman–Crippen LogP) is 4.71. The molecule has 1 nitrogen and oxygen atoms in total. The summed E-state index contributed by atoms with van der Waals surface area (Å²) in [5.41, 5.74) is 0.948. The lowest BCUT2D eigenvalue weighted by atomic mass is 9.67. The molecule has 0 radical (unpaired) electrons. The smallest absolute Gasteiger partial charge is 0.0101 e. The van der Waals surface area contributed by atoms with Gasteiger partial charge in [-0.25, -0.2) is 0 Å². The summed E-state index contributed by atoms with van der Waals surface area (Å²) in [6.45, 7) is 15.8. The molecule has 2 saturated heterocycles. The van der Waals surface area contributed by atoms with E-state index in [1.165, 1.54) is 38.6 Å². The Kier molecular flexibility index (Phi) is 3.84. The van der Waals surface area contributed by atoms with Crippen molar-refractivity contribution >= 4 is 0 Å². The van der Waals surface area contributed by atoms with E-state index in [2.05, 4.69) is 46.4 Å². The van der Waals surface area contributed by atoms with Gasteiger partial charge in [-0.1, -0.05) is 48.0 Å². The van der Waals surface area contributed by atoms with Crippen molar-refractivity contribution in [3.63, 3.8) is 0 Å². The summed E-state index contributed by atoms with van der Waals surface area (Å²) in [6, 6.07) is 1.75. The minimum absolute atomic E-state index is 0.447. The van der Waals surface area contributed by atoms with Crippen LogP contribution in [0, 0.1) is 16.7 Å². The molecular formula is C17H33N. The molecule has 0 aliphatic carbocycles. The number of hydrogen-bond donors (Lipinski definition) is 0. The Balaban J connectivity index is 2.08. The number of rotatable bonds is 1. The monoisotopic (exact) mass is 251 g/mol. The molecule has 0 aromatic rings. The first kappa shape index (κ1) is 14.4. The van der Waals surface area contributed by atoms with Crippen molar-refractivity contribution < 1.29 is 0 Å². The molecule has 2 aliphatic heterocycles. The van der Waals surface area contributed by atoms with Crippen molar-refractivity contribution in [3.8, 4) is 0 Å². The normalized spacial score (nSPS) is 34.7. The molecule has 0 aromatic heterocycles. The average Bonchev–Trinajstić information content (AvgIpc) is 2.11. The van der Waals surface area contributed by atoms with Crippen LogP contribution in [0.1, 0.15) is 73.6 Å². The van der Waals surface area contributed by atoms with Gasteiger partial charge in [-0.3, -0.25) is 4.90 Å². The molecule has 0 N–H and O–H groups in total. The van der Waals surface area contributed by atoms with Crippen LogP contribution in [0.5, 0.6) is 0 Å². The minimum atomic E-state index is 0.447. The van der Waals surface area contributed by atoms with Gasteiger partial charge in [0.2, 0.25) is 0 Å². The lowest BCUT2D eigenvalue weighted by Gasteiger charge is -2.53. The predicted molar refractivity (Wildman–Crippen MR) is 79.8 cm³/mol. The Hall–Kier alpha value is -0.0400. The second-order valence-corrected chi connectivity index (χ2v) is 9.01. The van der Waals surface area contributed by atoms with Gasteiger partial charge in [-0.05, 0) is 42.4 Å². The van der Waals surface area contributed by atoms with Crippen LogP contribution in [-0.2, 0) is 0 Å². The summed E-state index contributed by atoms with van der Waals surface area (Å²) in [5, 5.41) is 0. The first-order chi connectivity index (χ1) is 8.17. The zero-order valence-electron chi connectivity index (χ0n) is 13.4. The average molecular weight is 251 g/mol. The third-order valence-corrected chi connectivity index (χ3v) is 5.01. The summed E-state index contributed by atoms with van der Waals surface area (Å²) >= 11 is 0. The number of piperidine rings is 2. The maximum absolute atomic E-state index is 2.87. The van der Waals surface area contributed by atoms with Gasteiger partial charge in [0.15, 0.2) is 0 Å². The van der Waals surface area contributed by atoms with Crippen LogP contribution in [-0.4, -0.2) is 23.5 Å². The van der Waals surface area contributed by atoms with Crippen molar-refractivity contribution in [1.29, 1.82) is 0 Å². The molecule has 2 atom stereocenters. The Morgan fingerprint density at radius 3 is 1.78 bits per heavy atom. The SMILES string of the molecule is CC(C)(C)CN1C2CCCC1CC(C(C)(C)C)C2. The molecule has 0 aromatic carbocycles. The molecule has 0 amide bonds. The fourth-order valence-corrected chi connectivity index (χ4v) is 3.99. The molecular weight excluding hydrogens is 218 g/mol. The molecule has 106 valence electrons. The zero-order chi connectivity index (χ0) is 13.6. The van der Waals surface area contributed by atoms with Crippen molar-refractivity contribution in [2.24, 2.45) is 16.7 Å². The van der Waals surface area contributed by atoms with Crippen molar-refractivity contribution in [2.45, 2.75) is 85.7 Å². The third-order valence-electron chi connectivity index (χ3n) is 5.01. The van der Waals surface area contributed by atoms with Gasteiger partial charge in [-0.2, -0.15) is 0 Å². The maximum atomic E-state index is 2.87. The summed E-state index contributed by atoms with van der Waals surface area (Å²) in [6.07, 6.45) is 7.23. The molecule has 0 saturated carbocycles. The van der Waals surface area contributed by atoms with Crippen molar-refractivity contribution in [2.75, 3.05) is 6.54 Å². The van der Waals surface area contributed by atoms with E-state index >= 15 is 0 Å². The van der Waals surface area contributed by atoms with Crippen LogP contribution >= 0.6 is 0 Å². The standard InChI is InChI=1S/C17H33N/c1-16(2,3)12-18-14-8-7-9-15(18)11-13(10-14)17(4,5)6/h13-15H,7-12H2,1-6H3. The molecule has 2 unspecified atom stereocenters. The Labute approximate surface area is 114 Å². The number of fused-ring (bicyclic) bond motifs is 2. The Morgan fingerprint density at radius 1 is 0.889 bits per heavy atom. The topological polar surface area (TPSA) is 3.24 Å². The van der Waals surface area contributed by atoms with Gasteiger partial charge in [0.25, 0.3) is 0 Å². The molecule has 2 fully saturated rings. The Morgan fingerprint density at radius 2 is 1.39 bits per heavy atom. The molecule has 2 rings (SSSR count). The molecule has 2 heterocycles. The van der Waals surface area contributed by atoms with Gasteiger partial charge in [0.05, 0.1) is 0 Å². The highest BCUT2D eigenvalue weighted by molar-refractivity contribution is 4.96. The summed E-state index contributed by atoms with van der Waals surface area (Å²) in [7, 11) is 0. The van der Waals surface area contributed by atoms with Crippen molar-refractivity contribution in [3.05, 3.63) is 0 Å². The van der Waals surface area contributed by atoms with Gasteiger partial charge in [0, 0.05) is 18.6 Å². The lowest BCUT2D eigenvalue weighted by Crippen LogP contribution is -2.55. The highest BCUT2D eigenvalue weighted by Crippen LogP contribution is 2.44. The summed E-state index contributed by atoms with van der Waals surface area (Å²) in [5.74, 6) is 0.934. The maximum Gasteiger partial charge on any atom is 0.0101 e. The van der Waals surface area contributed by atoms with Crippen LogP contribution in [0.25, 0.3) is 0 Å². The van der Waals surface area contributed by atoms with Crippen LogP contribution in [0.4, 0.5) is 0 Å². The number of nitrogens with zero attached hydrogens (tertiary/aromatic N) is 1. The van der Waals surface area contributed by atoms with E-state index in [0.717, 1.165) is 18.0 Å². The van der Waals surface area contributed by atoms with Gasteiger partial charge < -0.3 is 0 Å². The molecule has 18 heavy (non-hydrogen) atoms. The second-order valence-electron chi connectivity index (χ2n) is 9.01. The zero-order valence-corrected chi connectivity index (χ0v) is 13.4. The minimum Gasteiger partial charge on any atom is -0.297 e. The first-order valence-electron chi connectivity index (χ1n) is 7.92. The van der Waals surface area contributed by atoms with Crippen LogP contribution < -0.4 is 0 Å². The fraction of sp³-hybridized carbons (Fsp3) is 1.00. The first-order valence-corrected chi connectivity index (χ1v) is 7.92. The molecule has 2 aliphatic rings. The van der Waals surface area contributed by atoms with E-state index in [1.807, 2.05) is 0 Å². The van der Waals surface area contributed by atoms with E-state index in [9.17, 15) is 0 Å².